The van der Waals surface area contributed by atoms with Gasteiger partial charge in [0.25, 0.3) is 0 Å². The minimum atomic E-state index is 0.00333. The number of amides is 2. The van der Waals surface area contributed by atoms with E-state index in [9.17, 15) is 9.59 Å². The molecule has 2 fully saturated rings. The van der Waals surface area contributed by atoms with Crippen LogP contribution in [-0.2, 0) is 9.59 Å². The fourth-order valence-electron chi connectivity index (χ4n) is 1.92. The van der Waals surface area contributed by atoms with E-state index in [4.69, 9.17) is 0 Å². The highest BCUT2D eigenvalue weighted by Crippen LogP contribution is 2.34. The summed E-state index contributed by atoms with van der Waals surface area (Å²) in [4.78, 5) is 24.6. The van der Waals surface area contributed by atoms with Crippen LogP contribution in [0.1, 0.15) is 32.1 Å². The molecule has 0 aliphatic carbocycles. The van der Waals surface area contributed by atoms with Gasteiger partial charge in [0, 0.05) is 23.6 Å². The van der Waals surface area contributed by atoms with E-state index >= 15 is 0 Å². The van der Waals surface area contributed by atoms with Crippen molar-refractivity contribution in [1.82, 2.24) is 4.90 Å². The van der Waals surface area contributed by atoms with Gasteiger partial charge in [-0.2, -0.15) is 0 Å². The van der Waals surface area contributed by atoms with Crippen molar-refractivity contribution < 1.29 is 9.59 Å². The molecule has 3 nitrogen and oxygen atoms in total. The van der Waals surface area contributed by atoms with Crippen LogP contribution in [0.4, 0.5) is 0 Å². The fraction of sp³-hybridized carbons (Fsp3) is 0.667. The largest absolute Gasteiger partial charge is 0.282 e. The molecular formula is C12H17NO2S2. The number of carbonyl (C=O) groups is 2. The van der Waals surface area contributed by atoms with Gasteiger partial charge >= 0.3 is 0 Å². The predicted molar refractivity (Wildman–Crippen MR) is 72.8 cm³/mol. The van der Waals surface area contributed by atoms with Gasteiger partial charge in [-0.25, -0.2) is 0 Å². The van der Waals surface area contributed by atoms with Crippen molar-refractivity contribution in [3.63, 3.8) is 0 Å². The molecule has 0 aromatic carbocycles. The molecule has 2 saturated heterocycles. The van der Waals surface area contributed by atoms with Gasteiger partial charge in [-0.05, 0) is 30.8 Å². The molecule has 17 heavy (non-hydrogen) atoms. The zero-order valence-corrected chi connectivity index (χ0v) is 11.4. The van der Waals surface area contributed by atoms with Crippen molar-refractivity contribution >= 4 is 35.3 Å². The Morgan fingerprint density at radius 1 is 1.06 bits per heavy atom. The Morgan fingerprint density at radius 2 is 1.71 bits per heavy atom. The first-order chi connectivity index (χ1) is 8.27. The van der Waals surface area contributed by atoms with Crippen molar-refractivity contribution in [2.75, 3.05) is 18.1 Å². The summed E-state index contributed by atoms with van der Waals surface area (Å²) < 4.78 is 1.35. The fourth-order valence-corrected chi connectivity index (χ4v) is 4.39. The molecule has 0 N–H and O–H groups in total. The van der Waals surface area contributed by atoms with Crippen LogP contribution in [0.2, 0.25) is 0 Å². The molecule has 0 spiro atoms. The van der Waals surface area contributed by atoms with E-state index in [0.717, 1.165) is 12.8 Å². The maximum absolute atomic E-state index is 11.6. The lowest BCUT2D eigenvalue weighted by Gasteiger charge is -2.24. The summed E-state index contributed by atoms with van der Waals surface area (Å²) in [6.07, 6.45) is 6.03. The second-order valence-electron chi connectivity index (χ2n) is 4.15. The maximum atomic E-state index is 11.6. The number of imide groups is 1. The molecule has 0 radical (unpaired) electrons. The highest BCUT2D eigenvalue weighted by molar-refractivity contribution is 8.22. The van der Waals surface area contributed by atoms with Crippen LogP contribution in [0, 0.1) is 0 Å². The van der Waals surface area contributed by atoms with Crippen LogP contribution in [0.15, 0.2) is 10.3 Å². The smallest absolute Gasteiger partial charge is 0.229 e. The van der Waals surface area contributed by atoms with Gasteiger partial charge in [0.2, 0.25) is 11.8 Å². The van der Waals surface area contributed by atoms with Crippen LogP contribution < -0.4 is 0 Å². The summed E-state index contributed by atoms with van der Waals surface area (Å²) >= 11 is 3.77. The molecule has 2 heterocycles. The van der Waals surface area contributed by atoms with E-state index in [1.54, 1.807) is 0 Å². The number of piperidine rings is 1. The van der Waals surface area contributed by atoms with Gasteiger partial charge in [-0.1, -0.05) is 6.08 Å². The van der Waals surface area contributed by atoms with E-state index in [-0.39, 0.29) is 11.8 Å². The summed E-state index contributed by atoms with van der Waals surface area (Å²) in [5, 5.41) is 0. The topological polar surface area (TPSA) is 37.4 Å². The standard InChI is InChI=1S/C12H17NO2S2/c14-10-4-1-5-11(15)13(10)7-2-6-12-16-8-3-9-17-12/h6H,1-5,7-9H2. The van der Waals surface area contributed by atoms with Gasteiger partial charge in [0.15, 0.2) is 0 Å². The summed E-state index contributed by atoms with van der Waals surface area (Å²) in [7, 11) is 0. The number of nitrogens with zero attached hydrogens (tertiary/aromatic N) is 1. The van der Waals surface area contributed by atoms with Crippen molar-refractivity contribution in [3.8, 4) is 0 Å². The Bertz CT molecular complexity index is 317. The number of hydrogen-bond acceptors (Lipinski definition) is 4. The first-order valence-electron chi connectivity index (χ1n) is 6.06. The summed E-state index contributed by atoms with van der Waals surface area (Å²) in [5.41, 5.74) is 0. The number of likely N-dealkylation sites (tertiary alicyclic amines) is 1. The molecule has 2 aliphatic rings. The number of thioether (sulfide) groups is 2. The number of carbonyl (C=O) groups excluding carboxylic acids is 2. The van der Waals surface area contributed by atoms with Crippen molar-refractivity contribution in [2.45, 2.75) is 32.1 Å². The zero-order chi connectivity index (χ0) is 12.1. The third-order valence-electron chi connectivity index (χ3n) is 2.82. The Hall–Kier alpha value is -0.420. The van der Waals surface area contributed by atoms with Crippen molar-refractivity contribution in [2.24, 2.45) is 0 Å². The molecule has 0 bridgehead atoms. The van der Waals surface area contributed by atoms with Gasteiger partial charge in [0.1, 0.15) is 0 Å². The maximum Gasteiger partial charge on any atom is 0.229 e. The van der Waals surface area contributed by atoms with Crippen molar-refractivity contribution in [1.29, 1.82) is 0 Å². The van der Waals surface area contributed by atoms with Gasteiger partial charge in [0.05, 0.1) is 0 Å². The first-order valence-corrected chi connectivity index (χ1v) is 8.03. The van der Waals surface area contributed by atoms with Gasteiger partial charge in [-0.3, -0.25) is 14.5 Å². The average Bonchev–Trinajstić information content (AvgIpc) is 2.34. The van der Waals surface area contributed by atoms with E-state index in [0.29, 0.717) is 19.4 Å². The summed E-state index contributed by atoms with van der Waals surface area (Å²) in [5.74, 6) is 2.40. The second kappa shape index (κ2) is 6.50. The molecule has 2 rings (SSSR count). The molecular weight excluding hydrogens is 254 g/mol. The predicted octanol–water partition coefficient (Wildman–Crippen LogP) is 2.63. The lowest BCUT2D eigenvalue weighted by atomic mass is 10.1. The average molecular weight is 271 g/mol. The van der Waals surface area contributed by atoms with Gasteiger partial charge in [-0.15, -0.1) is 23.5 Å². The molecule has 0 unspecified atom stereocenters. The lowest BCUT2D eigenvalue weighted by Crippen LogP contribution is -2.40. The monoisotopic (exact) mass is 271 g/mol. The van der Waals surface area contributed by atoms with Crippen molar-refractivity contribution in [3.05, 3.63) is 10.3 Å². The van der Waals surface area contributed by atoms with Crippen LogP contribution in [-0.4, -0.2) is 34.8 Å². The first kappa shape index (κ1) is 13.0. The summed E-state index contributed by atoms with van der Waals surface area (Å²) in [6.45, 7) is 0.558. The van der Waals surface area contributed by atoms with E-state index in [1.807, 2.05) is 23.5 Å². The Balaban J connectivity index is 1.80. The molecule has 2 amide bonds. The highest BCUT2D eigenvalue weighted by atomic mass is 32.2. The van der Waals surface area contributed by atoms with E-state index in [2.05, 4.69) is 6.08 Å². The van der Waals surface area contributed by atoms with Crippen LogP contribution in [0.5, 0.6) is 0 Å². The molecule has 5 heteroatoms. The lowest BCUT2D eigenvalue weighted by molar-refractivity contribution is -0.147. The molecule has 2 aliphatic heterocycles. The molecule has 0 saturated carbocycles. The van der Waals surface area contributed by atoms with Crippen LogP contribution in [0.3, 0.4) is 0 Å². The Kier molecular flexibility index (Phi) is 4.98. The molecule has 0 atom stereocenters. The third kappa shape index (κ3) is 3.78. The highest BCUT2D eigenvalue weighted by Gasteiger charge is 2.24. The van der Waals surface area contributed by atoms with Gasteiger partial charge < -0.3 is 0 Å². The Morgan fingerprint density at radius 3 is 2.35 bits per heavy atom. The summed E-state index contributed by atoms with van der Waals surface area (Å²) in [6, 6.07) is 0. The number of rotatable bonds is 3. The van der Waals surface area contributed by atoms with Crippen LogP contribution in [0.25, 0.3) is 0 Å². The second-order valence-corrected chi connectivity index (χ2v) is 6.69. The molecule has 0 aromatic heterocycles. The minimum absolute atomic E-state index is 0.00333. The minimum Gasteiger partial charge on any atom is -0.282 e. The number of hydrogen-bond donors (Lipinski definition) is 0. The van der Waals surface area contributed by atoms with Crippen LogP contribution >= 0.6 is 23.5 Å². The van der Waals surface area contributed by atoms with E-state index in [1.165, 1.54) is 27.1 Å². The quantitative estimate of drug-likeness (QED) is 0.740. The normalized spacial score (nSPS) is 21.9. The SMILES string of the molecule is O=C1CCCC(=O)N1CCC=C1SCCCS1. The zero-order valence-electron chi connectivity index (χ0n) is 9.81. The van der Waals surface area contributed by atoms with E-state index < -0.39 is 0 Å². The third-order valence-corrected chi connectivity index (χ3v) is 5.42. The molecule has 0 aromatic rings. The molecule has 94 valence electrons. The Labute approximate surface area is 110 Å².